The van der Waals surface area contributed by atoms with Crippen LogP contribution in [0.5, 0.6) is 0 Å². The lowest BCUT2D eigenvalue weighted by Crippen LogP contribution is -2.35. The summed E-state index contributed by atoms with van der Waals surface area (Å²) in [6.07, 6.45) is 0. The molecule has 94 valence electrons. The van der Waals surface area contributed by atoms with Gasteiger partial charge in [-0.2, -0.15) is 4.57 Å². The third-order valence-electron chi connectivity index (χ3n) is 3.21. The number of hydrogen-bond donors (Lipinski definition) is 0. The summed E-state index contributed by atoms with van der Waals surface area (Å²) in [6.45, 7) is 4.11. The van der Waals surface area contributed by atoms with Crippen LogP contribution in [0.15, 0.2) is 60.7 Å². The van der Waals surface area contributed by atoms with Crippen LogP contribution < -0.4 is 4.57 Å². The Morgan fingerprint density at radius 1 is 0.842 bits per heavy atom. The van der Waals surface area contributed by atoms with Crippen molar-refractivity contribution in [3.05, 3.63) is 72.3 Å². The Balaban J connectivity index is 2.17. The van der Waals surface area contributed by atoms with Crippen molar-refractivity contribution in [1.29, 1.82) is 0 Å². The Bertz CT molecular complexity index is 685. The zero-order chi connectivity index (χ0) is 13.2. The minimum atomic E-state index is 0.979. The van der Waals surface area contributed by atoms with Gasteiger partial charge in [0.1, 0.15) is 11.4 Å². The molecule has 0 aliphatic carbocycles. The minimum Gasteiger partial charge on any atom is -0.198 e. The molecule has 0 amide bonds. The lowest BCUT2D eigenvalue weighted by atomic mass is 10.3. The monoisotopic (exact) mass is 250 g/mol. The van der Waals surface area contributed by atoms with Gasteiger partial charge in [0, 0.05) is 18.9 Å². The van der Waals surface area contributed by atoms with Crippen molar-refractivity contribution in [2.24, 2.45) is 0 Å². The Morgan fingerprint density at radius 2 is 1.42 bits per heavy atom. The molecular weight excluding hydrogens is 234 g/mol. The molecule has 0 fully saturated rings. The first-order chi connectivity index (χ1) is 9.27. The van der Waals surface area contributed by atoms with Gasteiger partial charge < -0.3 is 0 Å². The maximum Gasteiger partial charge on any atom is 0.279 e. The molecule has 0 radical (unpaired) electrons. The minimum absolute atomic E-state index is 0.979. The second kappa shape index (κ2) is 4.69. The van der Waals surface area contributed by atoms with Gasteiger partial charge in [-0.05, 0) is 24.3 Å². The summed E-state index contributed by atoms with van der Waals surface area (Å²) in [5.74, 6) is 2.07. The van der Waals surface area contributed by atoms with Gasteiger partial charge in [-0.3, -0.25) is 0 Å². The normalized spacial score (nSPS) is 10.6. The molecule has 1 aromatic heterocycles. The smallest absolute Gasteiger partial charge is 0.198 e. The molecule has 0 aliphatic heterocycles. The highest BCUT2D eigenvalue weighted by Crippen LogP contribution is 2.10. The van der Waals surface area contributed by atoms with Crippen LogP contribution in [0.2, 0.25) is 0 Å². The van der Waals surface area contributed by atoms with Crippen molar-refractivity contribution < 1.29 is 4.57 Å². The summed E-state index contributed by atoms with van der Waals surface area (Å²) in [4.78, 5) is 0. The van der Waals surface area contributed by atoms with E-state index < -0.39 is 0 Å². The van der Waals surface area contributed by atoms with E-state index in [0.29, 0.717) is 0 Å². The third kappa shape index (κ3) is 2.03. The Hall–Kier alpha value is -2.42. The molecule has 1 heterocycles. The number of nitrogens with zero attached hydrogens (tertiary/aromatic N) is 3. The number of aromatic nitrogens is 3. The molecular formula is C16H16N3+. The number of aryl methyl sites for hydroxylation is 1. The number of benzene rings is 2. The quantitative estimate of drug-likeness (QED) is 0.641. The maximum atomic E-state index is 4.64. The van der Waals surface area contributed by atoms with E-state index in [2.05, 4.69) is 40.9 Å². The fourth-order valence-electron chi connectivity index (χ4n) is 2.36. The molecule has 3 heteroatoms. The molecule has 19 heavy (non-hydrogen) atoms. The molecule has 0 atom stereocenters. The van der Waals surface area contributed by atoms with Gasteiger partial charge in [-0.1, -0.05) is 41.1 Å². The van der Waals surface area contributed by atoms with Crippen molar-refractivity contribution >= 4 is 0 Å². The predicted molar refractivity (Wildman–Crippen MR) is 74.6 cm³/mol. The van der Waals surface area contributed by atoms with Gasteiger partial charge in [0.2, 0.25) is 5.82 Å². The lowest BCUT2D eigenvalue weighted by molar-refractivity contribution is -0.610. The van der Waals surface area contributed by atoms with Crippen molar-refractivity contribution in [3.63, 3.8) is 0 Å². The summed E-state index contributed by atoms with van der Waals surface area (Å²) in [7, 11) is 0. The molecule has 3 aromatic rings. The summed E-state index contributed by atoms with van der Waals surface area (Å²) in [6, 6.07) is 20.5. The number of para-hydroxylation sites is 2. The van der Waals surface area contributed by atoms with Crippen LogP contribution in [0.1, 0.15) is 11.6 Å². The van der Waals surface area contributed by atoms with Gasteiger partial charge in [0.15, 0.2) is 0 Å². The summed E-state index contributed by atoms with van der Waals surface area (Å²) >= 11 is 0. The highest BCUT2D eigenvalue weighted by molar-refractivity contribution is 5.31. The number of hydrogen-bond acceptors (Lipinski definition) is 1. The van der Waals surface area contributed by atoms with Crippen LogP contribution in [-0.4, -0.2) is 9.78 Å². The second-order valence-corrected chi connectivity index (χ2v) is 4.51. The summed E-state index contributed by atoms with van der Waals surface area (Å²) in [5, 5.41) is 4.64. The average molecular weight is 250 g/mol. The molecule has 0 bridgehead atoms. The highest BCUT2D eigenvalue weighted by Gasteiger charge is 2.21. The van der Waals surface area contributed by atoms with Crippen LogP contribution in [-0.2, 0) is 0 Å². The van der Waals surface area contributed by atoms with Crippen molar-refractivity contribution in [2.45, 2.75) is 13.8 Å². The van der Waals surface area contributed by atoms with Crippen LogP contribution in [0.3, 0.4) is 0 Å². The summed E-state index contributed by atoms with van der Waals surface area (Å²) < 4.78 is 4.13. The van der Waals surface area contributed by atoms with Crippen LogP contribution in [0.25, 0.3) is 11.4 Å². The molecule has 0 N–H and O–H groups in total. The van der Waals surface area contributed by atoms with E-state index in [1.54, 1.807) is 0 Å². The standard InChI is InChI=1S/C16H16N3/c1-13-17-19(16-11-7-4-8-12-16)14(2)18(13)15-9-5-3-6-10-15/h3-12H,1-2H3/q+1. The van der Waals surface area contributed by atoms with Gasteiger partial charge >= 0.3 is 0 Å². The van der Waals surface area contributed by atoms with Crippen molar-refractivity contribution in [2.75, 3.05) is 0 Å². The Morgan fingerprint density at radius 3 is 2.05 bits per heavy atom. The van der Waals surface area contributed by atoms with E-state index in [0.717, 1.165) is 23.0 Å². The van der Waals surface area contributed by atoms with E-state index >= 15 is 0 Å². The summed E-state index contributed by atoms with van der Waals surface area (Å²) in [5.41, 5.74) is 2.22. The van der Waals surface area contributed by atoms with E-state index in [9.17, 15) is 0 Å². The first kappa shape index (κ1) is 11.7. The number of rotatable bonds is 2. The van der Waals surface area contributed by atoms with Gasteiger partial charge in [-0.25, -0.2) is 0 Å². The zero-order valence-corrected chi connectivity index (χ0v) is 11.1. The molecule has 0 unspecified atom stereocenters. The SMILES string of the molecule is Cc1nn(-c2ccccc2)c(C)[n+]1-c1ccccc1. The Labute approximate surface area is 112 Å². The van der Waals surface area contributed by atoms with Crippen molar-refractivity contribution in [3.8, 4) is 11.4 Å². The highest BCUT2D eigenvalue weighted by atomic mass is 15.4. The fraction of sp³-hybridized carbons (Fsp3) is 0.125. The molecule has 0 spiro atoms. The molecule has 3 nitrogen and oxygen atoms in total. The van der Waals surface area contributed by atoms with Crippen LogP contribution in [0, 0.1) is 13.8 Å². The average Bonchev–Trinajstić information content (AvgIpc) is 2.76. The van der Waals surface area contributed by atoms with Gasteiger partial charge in [0.25, 0.3) is 5.82 Å². The van der Waals surface area contributed by atoms with Gasteiger partial charge in [0.05, 0.1) is 0 Å². The van der Waals surface area contributed by atoms with Crippen molar-refractivity contribution in [1.82, 2.24) is 9.78 Å². The topological polar surface area (TPSA) is 21.7 Å². The van der Waals surface area contributed by atoms with Gasteiger partial charge in [-0.15, -0.1) is 0 Å². The second-order valence-electron chi connectivity index (χ2n) is 4.51. The first-order valence-corrected chi connectivity index (χ1v) is 6.36. The van der Waals surface area contributed by atoms with Crippen LogP contribution in [0.4, 0.5) is 0 Å². The van der Waals surface area contributed by atoms with E-state index in [4.69, 9.17) is 0 Å². The molecule has 2 aromatic carbocycles. The Kier molecular flexibility index (Phi) is 2.88. The lowest BCUT2D eigenvalue weighted by Gasteiger charge is -2.00. The van der Waals surface area contributed by atoms with E-state index in [1.165, 1.54) is 0 Å². The van der Waals surface area contributed by atoms with E-state index in [1.807, 2.05) is 48.0 Å². The molecule has 0 saturated carbocycles. The third-order valence-corrected chi connectivity index (χ3v) is 3.21. The molecule has 3 rings (SSSR count). The fourth-order valence-corrected chi connectivity index (χ4v) is 2.36. The first-order valence-electron chi connectivity index (χ1n) is 6.36. The molecule has 0 saturated heterocycles. The predicted octanol–water partition coefficient (Wildman–Crippen LogP) is 2.77. The largest absolute Gasteiger partial charge is 0.279 e. The molecule has 0 aliphatic rings. The van der Waals surface area contributed by atoms with E-state index in [-0.39, 0.29) is 0 Å². The maximum absolute atomic E-state index is 4.64. The zero-order valence-electron chi connectivity index (χ0n) is 11.1. The van der Waals surface area contributed by atoms with Crippen LogP contribution >= 0.6 is 0 Å².